The molecule has 198 valence electrons. The Morgan fingerprint density at radius 2 is 1.65 bits per heavy atom. The largest absolute Gasteiger partial charge is 0.417 e. The van der Waals surface area contributed by atoms with Gasteiger partial charge in [0, 0.05) is 38.9 Å². The number of carbonyl (C=O) groups is 2. The zero-order valence-corrected chi connectivity index (χ0v) is 21.1. The molecule has 1 aromatic carbocycles. The Balaban J connectivity index is 1.49. The van der Waals surface area contributed by atoms with Gasteiger partial charge in [-0.15, -0.1) is 0 Å². The van der Waals surface area contributed by atoms with Crippen LogP contribution in [-0.2, 0) is 11.0 Å². The number of halogens is 3. The number of amides is 2. The van der Waals surface area contributed by atoms with Gasteiger partial charge in [-0.05, 0) is 50.5 Å². The summed E-state index contributed by atoms with van der Waals surface area (Å²) in [7, 11) is 0. The van der Waals surface area contributed by atoms with Gasteiger partial charge in [0.25, 0.3) is 5.91 Å². The zero-order chi connectivity index (χ0) is 26.6. The molecule has 2 aromatic rings. The molecule has 2 fully saturated rings. The maximum absolute atomic E-state index is 13.4. The van der Waals surface area contributed by atoms with Crippen LogP contribution in [0.25, 0.3) is 0 Å². The second-order valence-electron chi connectivity index (χ2n) is 10.0. The number of piperazine rings is 1. The van der Waals surface area contributed by atoms with Crippen molar-refractivity contribution in [1.29, 1.82) is 0 Å². The number of carbonyl (C=O) groups excluding carboxylic acids is 2. The quantitative estimate of drug-likeness (QED) is 0.447. The second kappa shape index (κ2) is 10.9. The highest BCUT2D eigenvalue weighted by atomic mass is 19.4. The molecule has 1 N–H and O–H groups in total. The molecule has 1 aliphatic heterocycles. The van der Waals surface area contributed by atoms with Crippen LogP contribution in [-0.4, -0.2) is 70.7 Å². The molecule has 0 radical (unpaired) electrons. The molecule has 0 unspecified atom stereocenters. The van der Waals surface area contributed by atoms with E-state index in [4.69, 9.17) is 4.99 Å². The predicted molar refractivity (Wildman–Crippen MR) is 134 cm³/mol. The number of nitrogens with one attached hydrogen (secondary N) is 1. The van der Waals surface area contributed by atoms with Crippen molar-refractivity contribution in [2.24, 2.45) is 10.9 Å². The molecule has 10 heteroatoms. The van der Waals surface area contributed by atoms with Crippen molar-refractivity contribution in [2.75, 3.05) is 32.7 Å². The molecule has 2 amide bonds. The van der Waals surface area contributed by atoms with Crippen LogP contribution in [0.4, 0.5) is 13.2 Å². The van der Waals surface area contributed by atoms with Gasteiger partial charge in [-0.3, -0.25) is 19.6 Å². The normalized spacial score (nSPS) is 17.1. The molecule has 0 bridgehead atoms. The number of pyridine rings is 1. The van der Waals surface area contributed by atoms with Crippen molar-refractivity contribution in [3.05, 3.63) is 65.5 Å². The lowest BCUT2D eigenvalue weighted by atomic mass is 10.0. The van der Waals surface area contributed by atoms with E-state index in [2.05, 4.69) is 10.3 Å². The predicted octanol–water partition coefficient (Wildman–Crippen LogP) is 4.00. The summed E-state index contributed by atoms with van der Waals surface area (Å²) in [5.74, 6) is 0.391. The fourth-order valence-electron chi connectivity index (χ4n) is 4.32. The lowest BCUT2D eigenvalue weighted by Crippen LogP contribution is -2.52. The van der Waals surface area contributed by atoms with E-state index >= 15 is 0 Å². The second-order valence-corrected chi connectivity index (χ2v) is 10.0. The molecular formula is C27H32F3N5O2. The summed E-state index contributed by atoms with van der Waals surface area (Å²) in [5.41, 5.74) is -1.77. The first-order chi connectivity index (χ1) is 17.6. The SMILES string of the molecule is CC(C)(N=C(c1ccccn1)N1CCN(C(=O)c2ccccc2C(F)(F)F)CC1)C(=O)NCCC1CC1. The van der Waals surface area contributed by atoms with Crippen molar-refractivity contribution >= 4 is 17.6 Å². The van der Waals surface area contributed by atoms with Gasteiger partial charge in [0.1, 0.15) is 11.2 Å². The lowest BCUT2D eigenvalue weighted by molar-refractivity contribution is -0.138. The molecule has 7 nitrogen and oxygen atoms in total. The Morgan fingerprint density at radius 1 is 1.00 bits per heavy atom. The van der Waals surface area contributed by atoms with Gasteiger partial charge < -0.3 is 15.1 Å². The van der Waals surface area contributed by atoms with Crippen LogP contribution in [0, 0.1) is 5.92 Å². The lowest BCUT2D eigenvalue weighted by Gasteiger charge is -2.37. The van der Waals surface area contributed by atoms with Crippen LogP contribution >= 0.6 is 0 Å². The first-order valence-corrected chi connectivity index (χ1v) is 12.6. The van der Waals surface area contributed by atoms with Gasteiger partial charge >= 0.3 is 6.18 Å². The molecule has 0 atom stereocenters. The van der Waals surface area contributed by atoms with E-state index in [0.717, 1.165) is 12.5 Å². The van der Waals surface area contributed by atoms with E-state index in [1.54, 1.807) is 32.2 Å². The minimum absolute atomic E-state index is 0.181. The topological polar surface area (TPSA) is 77.9 Å². The van der Waals surface area contributed by atoms with Gasteiger partial charge in [0.2, 0.25) is 5.91 Å². The molecule has 1 saturated carbocycles. The van der Waals surface area contributed by atoms with Crippen molar-refractivity contribution in [1.82, 2.24) is 20.1 Å². The molecule has 1 aromatic heterocycles. The average molecular weight is 516 g/mol. The molecule has 0 spiro atoms. The van der Waals surface area contributed by atoms with E-state index in [-0.39, 0.29) is 24.6 Å². The molecular weight excluding hydrogens is 483 g/mol. The van der Waals surface area contributed by atoms with Gasteiger partial charge in [-0.2, -0.15) is 13.2 Å². The van der Waals surface area contributed by atoms with Crippen molar-refractivity contribution in [3.8, 4) is 0 Å². The van der Waals surface area contributed by atoms with Crippen LogP contribution in [0.3, 0.4) is 0 Å². The highest BCUT2D eigenvalue weighted by molar-refractivity contribution is 6.00. The number of nitrogens with zero attached hydrogens (tertiary/aromatic N) is 4. The number of amidine groups is 1. The number of benzene rings is 1. The smallest absolute Gasteiger partial charge is 0.354 e. The molecule has 37 heavy (non-hydrogen) atoms. The summed E-state index contributed by atoms with van der Waals surface area (Å²) < 4.78 is 40.3. The standard InChI is InChI=1S/C27H32F3N5O2/c1-26(2,25(37)32-14-12-19-10-11-19)33-23(22-9-5-6-13-31-22)34-15-17-35(18-16-34)24(36)20-7-3-4-8-21(20)27(28,29)30/h3-9,13,19H,10-12,14-18H2,1-2H3,(H,32,37). The van der Waals surface area contributed by atoms with E-state index in [9.17, 15) is 22.8 Å². The number of rotatable bonds is 7. The van der Waals surface area contributed by atoms with Crippen molar-refractivity contribution in [3.63, 3.8) is 0 Å². The summed E-state index contributed by atoms with van der Waals surface area (Å²) >= 11 is 0. The molecule has 2 aliphatic rings. The van der Waals surface area contributed by atoms with E-state index in [0.29, 0.717) is 37.1 Å². The minimum atomic E-state index is -4.61. The number of aromatic nitrogens is 1. The van der Waals surface area contributed by atoms with Crippen LogP contribution in [0.15, 0.2) is 53.7 Å². The van der Waals surface area contributed by atoms with Crippen molar-refractivity contribution < 1.29 is 22.8 Å². The third-order valence-electron chi connectivity index (χ3n) is 6.70. The van der Waals surface area contributed by atoms with Gasteiger partial charge in [0.05, 0.1) is 11.1 Å². The van der Waals surface area contributed by atoms with Crippen LogP contribution < -0.4 is 5.32 Å². The van der Waals surface area contributed by atoms with Crippen LogP contribution in [0.5, 0.6) is 0 Å². The fourth-order valence-corrected chi connectivity index (χ4v) is 4.32. The third kappa shape index (κ3) is 6.67. The number of hydrogen-bond donors (Lipinski definition) is 1. The minimum Gasteiger partial charge on any atom is -0.354 e. The van der Waals surface area contributed by atoms with Gasteiger partial charge in [-0.1, -0.05) is 31.0 Å². The highest BCUT2D eigenvalue weighted by Crippen LogP contribution is 2.33. The number of hydrogen-bond acceptors (Lipinski definition) is 4. The first-order valence-electron chi connectivity index (χ1n) is 12.6. The molecule has 1 aliphatic carbocycles. The Hall–Kier alpha value is -3.43. The average Bonchev–Trinajstić information content (AvgIpc) is 3.71. The Morgan fingerprint density at radius 3 is 2.27 bits per heavy atom. The first kappa shape index (κ1) is 26.6. The number of aliphatic imine (C=N–C) groups is 1. The van der Waals surface area contributed by atoms with Gasteiger partial charge in [0.15, 0.2) is 5.84 Å². The maximum Gasteiger partial charge on any atom is 0.417 e. The summed E-state index contributed by atoms with van der Waals surface area (Å²) in [6.07, 6.45) is 0.431. The molecule has 2 heterocycles. The maximum atomic E-state index is 13.4. The molecule has 4 rings (SSSR count). The summed E-state index contributed by atoms with van der Waals surface area (Å²) in [5, 5.41) is 2.98. The van der Waals surface area contributed by atoms with Gasteiger partial charge in [-0.25, -0.2) is 0 Å². The van der Waals surface area contributed by atoms with Crippen LogP contribution in [0.2, 0.25) is 0 Å². The Labute approximate surface area is 214 Å². The summed E-state index contributed by atoms with van der Waals surface area (Å²) in [6.45, 7) is 5.22. The highest BCUT2D eigenvalue weighted by Gasteiger charge is 2.37. The van der Waals surface area contributed by atoms with E-state index in [1.807, 2.05) is 11.0 Å². The van der Waals surface area contributed by atoms with E-state index in [1.165, 1.54) is 35.9 Å². The number of alkyl halides is 3. The Kier molecular flexibility index (Phi) is 7.85. The van der Waals surface area contributed by atoms with Crippen LogP contribution in [0.1, 0.15) is 54.7 Å². The van der Waals surface area contributed by atoms with Crippen molar-refractivity contribution in [2.45, 2.75) is 44.8 Å². The van der Waals surface area contributed by atoms with E-state index < -0.39 is 23.2 Å². The Bertz CT molecular complexity index is 1140. The summed E-state index contributed by atoms with van der Waals surface area (Å²) in [6, 6.07) is 10.3. The zero-order valence-electron chi connectivity index (χ0n) is 21.1. The monoisotopic (exact) mass is 515 g/mol. The summed E-state index contributed by atoms with van der Waals surface area (Å²) in [4.78, 5) is 38.5. The third-order valence-corrected chi connectivity index (χ3v) is 6.70. The molecule has 1 saturated heterocycles. The fraction of sp³-hybridized carbons (Fsp3) is 0.481.